The molecule has 0 aromatic carbocycles. The molecule has 0 atom stereocenters. The Labute approximate surface area is 119 Å². The van der Waals surface area contributed by atoms with E-state index >= 15 is 0 Å². The molecule has 0 aliphatic carbocycles. The highest BCUT2D eigenvalue weighted by atomic mass is 35.5. The number of ether oxygens (including phenoxy) is 1. The summed E-state index contributed by atoms with van der Waals surface area (Å²) in [6, 6.07) is 1.65. The molecule has 1 aromatic rings. The Hall–Kier alpha value is -0.670. The highest BCUT2D eigenvalue weighted by Crippen LogP contribution is 2.30. The first-order chi connectivity index (χ1) is 8.69. The molecule has 0 saturated carbocycles. The number of nitrogens with one attached hydrogen (secondary N) is 1. The number of hydrogen-bond donors (Lipinski definition) is 1. The molecule has 1 heterocycles. The highest BCUT2D eigenvalue weighted by molar-refractivity contribution is 6.36. The summed E-state index contributed by atoms with van der Waals surface area (Å²) in [6.07, 6.45) is 5.98. The van der Waals surface area contributed by atoms with Crippen molar-refractivity contribution in [2.24, 2.45) is 0 Å². The maximum Gasteiger partial charge on any atom is 0.234 e. The molecule has 18 heavy (non-hydrogen) atoms. The summed E-state index contributed by atoms with van der Waals surface area (Å²) in [6.45, 7) is 2.84. The molecular formula is C13H20Cl2N2O. The molecule has 0 saturated heterocycles. The van der Waals surface area contributed by atoms with Crippen LogP contribution in [0.2, 0.25) is 10.0 Å². The van der Waals surface area contributed by atoms with Crippen molar-refractivity contribution in [3.05, 3.63) is 16.1 Å². The molecule has 5 heteroatoms. The minimum absolute atomic E-state index is 0.445. The number of rotatable bonds is 8. The zero-order valence-corrected chi connectivity index (χ0v) is 12.4. The van der Waals surface area contributed by atoms with Crippen LogP contribution in [0.4, 0.5) is 5.82 Å². The second kappa shape index (κ2) is 8.44. The molecule has 0 fully saturated rings. The average Bonchev–Trinajstić information content (AvgIpc) is 2.36. The summed E-state index contributed by atoms with van der Waals surface area (Å²) in [7, 11) is 1.76. The van der Waals surface area contributed by atoms with Gasteiger partial charge in [0.15, 0.2) is 0 Å². The first kappa shape index (κ1) is 15.4. The largest absolute Gasteiger partial charge is 0.477 e. The highest BCUT2D eigenvalue weighted by Gasteiger charge is 2.09. The van der Waals surface area contributed by atoms with Crippen LogP contribution in [0.5, 0.6) is 5.88 Å². The summed E-state index contributed by atoms with van der Waals surface area (Å²) in [4.78, 5) is 4.23. The number of unbranched alkanes of at least 4 members (excludes halogenated alkanes) is 4. The lowest BCUT2D eigenvalue weighted by Crippen LogP contribution is -2.02. The van der Waals surface area contributed by atoms with Crippen molar-refractivity contribution in [3.8, 4) is 5.88 Å². The van der Waals surface area contributed by atoms with E-state index in [1.165, 1.54) is 25.7 Å². The lowest BCUT2D eigenvalue weighted by molar-refractivity contribution is 0.294. The fourth-order valence-electron chi connectivity index (χ4n) is 1.60. The molecule has 0 spiro atoms. The van der Waals surface area contributed by atoms with Gasteiger partial charge >= 0.3 is 0 Å². The van der Waals surface area contributed by atoms with Gasteiger partial charge in [-0.15, -0.1) is 0 Å². The van der Waals surface area contributed by atoms with Crippen molar-refractivity contribution in [2.45, 2.75) is 39.0 Å². The number of aromatic nitrogens is 1. The lowest BCUT2D eigenvalue weighted by Gasteiger charge is -2.10. The summed E-state index contributed by atoms with van der Waals surface area (Å²) in [5.74, 6) is 1.03. The average molecular weight is 291 g/mol. The topological polar surface area (TPSA) is 34.1 Å². The first-order valence-corrected chi connectivity index (χ1v) is 7.11. The van der Waals surface area contributed by atoms with E-state index in [0.717, 1.165) is 6.42 Å². The molecule has 0 radical (unpaired) electrons. The van der Waals surface area contributed by atoms with Gasteiger partial charge in [0.2, 0.25) is 5.88 Å². The summed E-state index contributed by atoms with van der Waals surface area (Å²) < 4.78 is 5.57. The Morgan fingerprint density at radius 1 is 1.17 bits per heavy atom. The van der Waals surface area contributed by atoms with E-state index < -0.39 is 0 Å². The minimum Gasteiger partial charge on any atom is -0.477 e. The Morgan fingerprint density at radius 2 is 1.89 bits per heavy atom. The van der Waals surface area contributed by atoms with E-state index in [4.69, 9.17) is 27.9 Å². The first-order valence-electron chi connectivity index (χ1n) is 6.35. The number of halogens is 2. The summed E-state index contributed by atoms with van der Waals surface area (Å²) in [5, 5.41) is 3.85. The third kappa shape index (κ3) is 4.91. The van der Waals surface area contributed by atoms with E-state index in [1.54, 1.807) is 13.1 Å². The van der Waals surface area contributed by atoms with Crippen LogP contribution in [0, 0.1) is 0 Å². The van der Waals surface area contributed by atoms with Crippen LogP contribution in [0.15, 0.2) is 6.07 Å². The maximum atomic E-state index is 6.02. The Morgan fingerprint density at radius 3 is 2.56 bits per heavy atom. The zero-order chi connectivity index (χ0) is 13.4. The zero-order valence-electron chi connectivity index (χ0n) is 10.9. The van der Waals surface area contributed by atoms with Gasteiger partial charge in [0.25, 0.3) is 0 Å². The Balaban J connectivity index is 2.42. The van der Waals surface area contributed by atoms with E-state index in [9.17, 15) is 0 Å². The van der Waals surface area contributed by atoms with Gasteiger partial charge in [-0.2, -0.15) is 4.98 Å². The van der Waals surface area contributed by atoms with Crippen LogP contribution in [0.3, 0.4) is 0 Å². The van der Waals surface area contributed by atoms with Crippen molar-refractivity contribution in [1.82, 2.24) is 4.98 Å². The molecule has 0 aliphatic rings. The number of nitrogens with zero attached hydrogens (tertiary/aromatic N) is 1. The molecule has 3 nitrogen and oxygen atoms in total. The summed E-state index contributed by atoms with van der Waals surface area (Å²) in [5.41, 5.74) is 0. The van der Waals surface area contributed by atoms with Crippen molar-refractivity contribution in [3.63, 3.8) is 0 Å². The monoisotopic (exact) mass is 290 g/mol. The third-order valence-corrected chi connectivity index (χ3v) is 3.18. The quantitative estimate of drug-likeness (QED) is 0.700. The van der Waals surface area contributed by atoms with E-state index in [1.807, 2.05) is 0 Å². The van der Waals surface area contributed by atoms with Gasteiger partial charge in [0.05, 0.1) is 11.6 Å². The minimum atomic E-state index is 0.445. The van der Waals surface area contributed by atoms with Crippen molar-refractivity contribution >= 4 is 29.0 Å². The van der Waals surface area contributed by atoms with Crippen LogP contribution in [-0.4, -0.2) is 18.6 Å². The molecular weight excluding hydrogens is 271 g/mol. The molecule has 0 aliphatic heterocycles. The molecule has 1 N–H and O–H groups in total. The van der Waals surface area contributed by atoms with Crippen molar-refractivity contribution in [2.75, 3.05) is 19.0 Å². The maximum absolute atomic E-state index is 6.02. The van der Waals surface area contributed by atoms with Gasteiger partial charge in [0.1, 0.15) is 10.8 Å². The van der Waals surface area contributed by atoms with Crippen LogP contribution < -0.4 is 10.1 Å². The van der Waals surface area contributed by atoms with Gasteiger partial charge < -0.3 is 10.1 Å². The SMILES string of the molecule is CCCCCCCOc1nc(NC)c(Cl)cc1Cl. The van der Waals surface area contributed by atoms with Crippen LogP contribution in [-0.2, 0) is 0 Å². The van der Waals surface area contributed by atoms with E-state index in [-0.39, 0.29) is 0 Å². The van der Waals surface area contributed by atoms with Gasteiger partial charge in [-0.25, -0.2) is 0 Å². The predicted octanol–water partition coefficient (Wildman–Crippen LogP) is 4.78. The molecule has 0 amide bonds. The molecule has 1 rings (SSSR count). The van der Waals surface area contributed by atoms with Crippen LogP contribution in [0.1, 0.15) is 39.0 Å². The molecule has 0 unspecified atom stereocenters. The molecule has 1 aromatic heterocycles. The van der Waals surface area contributed by atoms with E-state index in [2.05, 4.69) is 17.2 Å². The Kier molecular flexibility index (Phi) is 7.21. The Bertz CT molecular complexity index is 372. The molecule has 102 valence electrons. The second-order valence-electron chi connectivity index (χ2n) is 4.12. The standard InChI is InChI=1S/C13H20Cl2N2O/c1-3-4-5-6-7-8-18-13-11(15)9-10(14)12(16-2)17-13/h9H,3-8H2,1-2H3,(H,16,17). The van der Waals surface area contributed by atoms with Crippen molar-refractivity contribution in [1.29, 1.82) is 0 Å². The van der Waals surface area contributed by atoms with Gasteiger partial charge in [-0.05, 0) is 12.5 Å². The number of pyridine rings is 1. The van der Waals surface area contributed by atoms with Crippen LogP contribution >= 0.6 is 23.2 Å². The third-order valence-electron chi connectivity index (χ3n) is 2.62. The number of anilines is 1. The van der Waals surface area contributed by atoms with Gasteiger partial charge in [0, 0.05) is 7.05 Å². The normalized spacial score (nSPS) is 10.4. The van der Waals surface area contributed by atoms with E-state index in [0.29, 0.717) is 28.3 Å². The lowest BCUT2D eigenvalue weighted by atomic mass is 10.2. The van der Waals surface area contributed by atoms with Crippen LogP contribution in [0.25, 0.3) is 0 Å². The predicted molar refractivity (Wildman–Crippen MR) is 78.1 cm³/mol. The fraction of sp³-hybridized carbons (Fsp3) is 0.615. The fourth-order valence-corrected chi connectivity index (χ4v) is 2.11. The van der Waals surface area contributed by atoms with Gasteiger partial charge in [-0.1, -0.05) is 55.8 Å². The van der Waals surface area contributed by atoms with Crippen molar-refractivity contribution < 1.29 is 4.74 Å². The summed E-state index contributed by atoms with van der Waals surface area (Å²) >= 11 is 12.0. The second-order valence-corrected chi connectivity index (χ2v) is 4.93. The molecule has 0 bridgehead atoms. The smallest absolute Gasteiger partial charge is 0.234 e. The van der Waals surface area contributed by atoms with Gasteiger partial charge in [-0.3, -0.25) is 0 Å². The number of hydrogen-bond acceptors (Lipinski definition) is 3.